The van der Waals surface area contributed by atoms with E-state index in [0.717, 1.165) is 64.2 Å². The largest absolute Gasteiger partial charge is 0.457 e. The summed E-state index contributed by atoms with van der Waals surface area (Å²) < 4.78 is 22.9. The van der Waals surface area contributed by atoms with Crippen LogP contribution in [0.25, 0.3) is 0 Å². The molecule has 0 aromatic rings. The van der Waals surface area contributed by atoms with Gasteiger partial charge in [0.15, 0.2) is 6.29 Å². The minimum Gasteiger partial charge on any atom is -0.457 e. The number of aliphatic hydroxyl groups excluding tert-OH is 4. The third-order valence-corrected chi connectivity index (χ3v) is 11.4. The number of carbonyl (C=O) groups is 1. The Hall–Kier alpha value is -2.11. The predicted octanol–water partition coefficient (Wildman–Crippen LogP) is 12.3. The molecule has 0 radical (unpaired) electrons. The van der Waals surface area contributed by atoms with Gasteiger partial charge in [-0.15, -0.1) is 0 Å². The number of rotatable bonds is 43. The van der Waals surface area contributed by atoms with Crippen LogP contribution in [-0.2, 0) is 23.7 Å². The summed E-state index contributed by atoms with van der Waals surface area (Å²) in [6.07, 6.45) is 49.6. The lowest BCUT2D eigenvalue weighted by atomic mass is 9.99. The van der Waals surface area contributed by atoms with Crippen LogP contribution in [0.4, 0.5) is 0 Å². The average Bonchev–Trinajstić information content (AvgIpc) is 3.27. The third kappa shape index (κ3) is 34.3. The molecule has 4 N–H and O–H groups in total. The average molecular weight is 875 g/mol. The van der Waals surface area contributed by atoms with E-state index >= 15 is 0 Å². The molecule has 0 amide bonds. The number of unbranched alkanes of at least 4 members (excludes halogenated alkanes) is 22. The minimum atomic E-state index is -1.54. The summed E-state index contributed by atoms with van der Waals surface area (Å²) >= 11 is 0. The van der Waals surface area contributed by atoms with E-state index < -0.39 is 43.4 Å². The van der Waals surface area contributed by atoms with Crippen molar-refractivity contribution in [2.45, 2.75) is 243 Å². The number of aliphatic hydroxyl groups is 4. The fraction of sp³-hybridized carbons (Fsp3) is 0.792. The Morgan fingerprint density at radius 1 is 0.516 bits per heavy atom. The zero-order chi connectivity index (χ0) is 45.0. The lowest BCUT2D eigenvalue weighted by Crippen LogP contribution is -2.59. The van der Waals surface area contributed by atoms with Gasteiger partial charge in [-0.25, -0.2) is 0 Å². The Bertz CT molecular complexity index is 1130. The van der Waals surface area contributed by atoms with Crippen molar-refractivity contribution in [3.8, 4) is 0 Å². The molecular weight excluding hydrogens is 781 g/mol. The van der Waals surface area contributed by atoms with Gasteiger partial charge in [-0.05, 0) is 83.5 Å². The van der Waals surface area contributed by atoms with Gasteiger partial charge in [-0.3, -0.25) is 4.79 Å². The van der Waals surface area contributed by atoms with E-state index in [1.165, 1.54) is 122 Å². The molecule has 9 heteroatoms. The Kier molecular flexibility index (Phi) is 41.2. The van der Waals surface area contributed by atoms with Crippen molar-refractivity contribution in [3.05, 3.63) is 60.8 Å². The van der Waals surface area contributed by atoms with Crippen LogP contribution in [0.15, 0.2) is 60.8 Å². The van der Waals surface area contributed by atoms with Gasteiger partial charge in [-0.1, -0.05) is 177 Å². The molecule has 0 spiro atoms. The molecule has 1 aliphatic heterocycles. The lowest BCUT2D eigenvalue weighted by molar-refractivity contribution is -0.305. The predicted molar refractivity (Wildman–Crippen MR) is 256 cm³/mol. The second-order valence-corrected chi connectivity index (χ2v) is 17.3. The highest BCUT2D eigenvalue weighted by Gasteiger charge is 2.44. The lowest BCUT2D eigenvalue weighted by Gasteiger charge is -2.39. The van der Waals surface area contributed by atoms with Crippen molar-refractivity contribution in [1.82, 2.24) is 0 Å². The summed E-state index contributed by atoms with van der Waals surface area (Å²) in [5.74, 6) is -0.322. The standard InChI is InChI=1S/C53H94O9/c1-3-5-7-9-11-13-15-17-19-21-23-25-27-29-31-33-35-37-39-41-43-59-45-47(46-60-53-52(58)51(57)50(56)48(44-54)62-53)61-49(55)42-40-38-36-34-32-30-28-26-24-22-20-18-16-14-12-10-8-6-4-2/h11-14,17-20,23,25,47-48,50-54,56-58H,3-10,15-16,21-22,24,26-46H2,1-2H3/b13-11-,14-12-,19-17-,20-18-,25-23-. The van der Waals surface area contributed by atoms with Crippen molar-refractivity contribution in [2.75, 3.05) is 26.4 Å². The van der Waals surface area contributed by atoms with E-state index in [-0.39, 0.29) is 19.2 Å². The topological polar surface area (TPSA) is 135 Å². The quantitative estimate of drug-likeness (QED) is 0.0268. The first-order chi connectivity index (χ1) is 30.4. The molecule has 0 bridgehead atoms. The molecule has 62 heavy (non-hydrogen) atoms. The highest BCUT2D eigenvalue weighted by Crippen LogP contribution is 2.23. The molecule has 360 valence electrons. The summed E-state index contributed by atoms with van der Waals surface area (Å²) in [5.41, 5.74) is 0. The van der Waals surface area contributed by atoms with Gasteiger partial charge in [-0.2, -0.15) is 0 Å². The molecule has 6 atom stereocenters. The van der Waals surface area contributed by atoms with E-state index in [0.29, 0.717) is 13.0 Å². The van der Waals surface area contributed by atoms with E-state index in [1.807, 2.05) is 0 Å². The smallest absolute Gasteiger partial charge is 0.306 e. The zero-order valence-electron chi connectivity index (χ0n) is 39.6. The number of carbonyl (C=O) groups excluding carboxylic acids is 1. The van der Waals surface area contributed by atoms with Gasteiger partial charge in [0.25, 0.3) is 0 Å². The first kappa shape index (κ1) is 57.9. The molecule has 9 nitrogen and oxygen atoms in total. The fourth-order valence-corrected chi connectivity index (χ4v) is 7.41. The molecule has 1 fully saturated rings. The molecule has 1 heterocycles. The maximum Gasteiger partial charge on any atom is 0.306 e. The fourth-order valence-electron chi connectivity index (χ4n) is 7.41. The molecule has 0 aromatic heterocycles. The Balaban J connectivity index is 2.23. The van der Waals surface area contributed by atoms with Crippen LogP contribution in [0.1, 0.15) is 206 Å². The van der Waals surface area contributed by atoms with Crippen LogP contribution in [0, 0.1) is 0 Å². The van der Waals surface area contributed by atoms with Crippen molar-refractivity contribution < 1.29 is 44.2 Å². The molecule has 0 aromatic carbocycles. The van der Waals surface area contributed by atoms with Gasteiger partial charge in [0.05, 0.1) is 19.8 Å². The van der Waals surface area contributed by atoms with Crippen LogP contribution in [0.5, 0.6) is 0 Å². The van der Waals surface area contributed by atoms with Gasteiger partial charge < -0.3 is 39.4 Å². The molecular formula is C53H94O9. The van der Waals surface area contributed by atoms with Crippen molar-refractivity contribution >= 4 is 5.97 Å². The number of hydrogen-bond donors (Lipinski definition) is 4. The minimum absolute atomic E-state index is 0.121. The summed E-state index contributed by atoms with van der Waals surface area (Å²) in [4.78, 5) is 12.8. The van der Waals surface area contributed by atoms with E-state index in [9.17, 15) is 25.2 Å². The van der Waals surface area contributed by atoms with Crippen LogP contribution in [0.2, 0.25) is 0 Å². The van der Waals surface area contributed by atoms with Crippen LogP contribution < -0.4 is 0 Å². The zero-order valence-corrected chi connectivity index (χ0v) is 39.6. The summed E-state index contributed by atoms with van der Waals surface area (Å²) in [7, 11) is 0. The maximum absolute atomic E-state index is 12.8. The molecule has 6 unspecified atom stereocenters. The van der Waals surface area contributed by atoms with Crippen LogP contribution in [0.3, 0.4) is 0 Å². The number of ether oxygens (including phenoxy) is 4. The molecule has 1 rings (SSSR count). The molecule has 0 saturated carbocycles. The van der Waals surface area contributed by atoms with Crippen LogP contribution in [-0.4, -0.2) is 89.6 Å². The second-order valence-electron chi connectivity index (χ2n) is 17.3. The van der Waals surface area contributed by atoms with Gasteiger partial charge in [0, 0.05) is 13.0 Å². The first-order valence-corrected chi connectivity index (χ1v) is 25.4. The summed E-state index contributed by atoms with van der Waals surface area (Å²) in [6.45, 7) is 4.49. The molecule has 1 saturated heterocycles. The summed E-state index contributed by atoms with van der Waals surface area (Å²) in [5, 5.41) is 40.2. The molecule has 1 aliphatic rings. The number of esters is 1. The van der Waals surface area contributed by atoms with Crippen molar-refractivity contribution in [2.24, 2.45) is 0 Å². The summed E-state index contributed by atoms with van der Waals surface area (Å²) in [6, 6.07) is 0. The number of hydrogen-bond acceptors (Lipinski definition) is 9. The van der Waals surface area contributed by atoms with Crippen LogP contribution >= 0.6 is 0 Å². The SMILES string of the molecule is CCCCC/C=C\C/C=C\C/C=C\CCCCCCCCCOCC(COC1OC(CO)C(O)C(O)C1O)OC(=O)CCCCCCCCCCC/C=C\C/C=C\CCCCC. The Morgan fingerprint density at radius 3 is 1.40 bits per heavy atom. The van der Waals surface area contributed by atoms with E-state index in [2.05, 4.69) is 74.6 Å². The molecule has 0 aliphatic carbocycles. The Morgan fingerprint density at radius 2 is 0.935 bits per heavy atom. The maximum atomic E-state index is 12.8. The van der Waals surface area contributed by atoms with Gasteiger partial charge in [0.2, 0.25) is 0 Å². The van der Waals surface area contributed by atoms with E-state index in [1.54, 1.807) is 0 Å². The monoisotopic (exact) mass is 875 g/mol. The highest BCUT2D eigenvalue weighted by molar-refractivity contribution is 5.69. The number of allylic oxidation sites excluding steroid dienone is 10. The second kappa shape index (κ2) is 44.1. The van der Waals surface area contributed by atoms with E-state index in [4.69, 9.17) is 18.9 Å². The van der Waals surface area contributed by atoms with Gasteiger partial charge in [0.1, 0.15) is 30.5 Å². The first-order valence-electron chi connectivity index (χ1n) is 25.4. The highest BCUT2D eigenvalue weighted by atomic mass is 16.7. The third-order valence-electron chi connectivity index (χ3n) is 11.4. The van der Waals surface area contributed by atoms with Gasteiger partial charge >= 0.3 is 5.97 Å². The van der Waals surface area contributed by atoms with Crippen molar-refractivity contribution in [3.63, 3.8) is 0 Å². The normalized spacial score (nSPS) is 20.3. The van der Waals surface area contributed by atoms with Crippen molar-refractivity contribution in [1.29, 1.82) is 0 Å². The Labute approximate surface area is 379 Å².